The summed E-state index contributed by atoms with van der Waals surface area (Å²) in [7, 11) is 0. The van der Waals surface area contributed by atoms with Crippen LogP contribution in [0, 0.1) is 12.3 Å². The molecule has 4 N–H and O–H groups in total. The topological polar surface area (TPSA) is 89.8 Å². The predicted molar refractivity (Wildman–Crippen MR) is 69.3 cm³/mol. The summed E-state index contributed by atoms with van der Waals surface area (Å²) < 4.78 is 0. The maximum atomic E-state index is 11.5. The van der Waals surface area contributed by atoms with Gasteiger partial charge in [0, 0.05) is 5.69 Å². The highest BCUT2D eigenvalue weighted by molar-refractivity contribution is 5.94. The summed E-state index contributed by atoms with van der Waals surface area (Å²) in [5.41, 5.74) is 1.69. The number of terminal acetylenes is 1. The first kappa shape index (κ1) is 12.0. The third-order valence-electron chi connectivity index (χ3n) is 2.31. The van der Waals surface area contributed by atoms with Gasteiger partial charge in [0.2, 0.25) is 5.91 Å². The number of rotatable bonds is 4. The molecule has 18 heavy (non-hydrogen) atoms. The van der Waals surface area contributed by atoms with Crippen molar-refractivity contribution >= 4 is 22.6 Å². The van der Waals surface area contributed by atoms with E-state index in [4.69, 9.17) is 6.42 Å². The maximum absolute atomic E-state index is 11.5. The number of benzene rings is 1. The van der Waals surface area contributed by atoms with Crippen LogP contribution in [0.3, 0.4) is 0 Å². The van der Waals surface area contributed by atoms with Gasteiger partial charge in [-0.3, -0.25) is 10.1 Å². The van der Waals surface area contributed by atoms with Crippen molar-refractivity contribution in [3.8, 4) is 12.3 Å². The molecule has 1 heterocycles. The SMILES string of the molecule is C#CCNCC(=O)Nc1ccc2[nH]c(=O)[nH]c2c1. The molecule has 0 saturated heterocycles. The van der Waals surface area contributed by atoms with E-state index in [9.17, 15) is 9.59 Å². The van der Waals surface area contributed by atoms with E-state index in [1.54, 1.807) is 18.2 Å². The first-order valence-electron chi connectivity index (χ1n) is 5.35. The van der Waals surface area contributed by atoms with Gasteiger partial charge in [0.25, 0.3) is 0 Å². The fraction of sp³-hybridized carbons (Fsp3) is 0.167. The number of aromatic amines is 2. The van der Waals surface area contributed by atoms with Crippen molar-refractivity contribution in [1.82, 2.24) is 15.3 Å². The number of nitrogens with one attached hydrogen (secondary N) is 4. The van der Waals surface area contributed by atoms with Crippen LogP contribution in [0.5, 0.6) is 0 Å². The van der Waals surface area contributed by atoms with Crippen LogP contribution in [0.25, 0.3) is 11.0 Å². The van der Waals surface area contributed by atoms with Crippen molar-refractivity contribution in [1.29, 1.82) is 0 Å². The van der Waals surface area contributed by atoms with Crippen LogP contribution < -0.4 is 16.3 Å². The third-order valence-corrected chi connectivity index (χ3v) is 2.31. The summed E-state index contributed by atoms with van der Waals surface area (Å²) in [5, 5.41) is 5.48. The van der Waals surface area contributed by atoms with E-state index in [1.165, 1.54) is 0 Å². The van der Waals surface area contributed by atoms with Crippen LogP contribution >= 0.6 is 0 Å². The van der Waals surface area contributed by atoms with E-state index >= 15 is 0 Å². The van der Waals surface area contributed by atoms with Crippen LogP contribution in [0.1, 0.15) is 0 Å². The molecule has 0 bridgehead atoms. The summed E-state index contributed by atoms with van der Waals surface area (Å²) in [5.74, 6) is 2.19. The van der Waals surface area contributed by atoms with Gasteiger partial charge in [-0.25, -0.2) is 4.79 Å². The standard InChI is InChI=1S/C12H12N4O2/c1-2-5-13-7-11(17)14-8-3-4-9-10(6-8)16-12(18)15-9/h1,3-4,6,13H,5,7H2,(H,14,17)(H2,15,16,18). The minimum atomic E-state index is -0.274. The second kappa shape index (κ2) is 5.21. The van der Waals surface area contributed by atoms with Gasteiger partial charge in [0.05, 0.1) is 24.1 Å². The Kier molecular flexibility index (Phi) is 3.46. The first-order valence-corrected chi connectivity index (χ1v) is 5.35. The molecule has 0 aliphatic heterocycles. The number of carbonyl (C=O) groups excluding carboxylic acids is 1. The lowest BCUT2D eigenvalue weighted by Gasteiger charge is -2.05. The van der Waals surface area contributed by atoms with Gasteiger partial charge >= 0.3 is 5.69 Å². The lowest BCUT2D eigenvalue weighted by Crippen LogP contribution is -2.28. The van der Waals surface area contributed by atoms with Crippen LogP contribution in [0.15, 0.2) is 23.0 Å². The van der Waals surface area contributed by atoms with E-state index in [1.807, 2.05) is 0 Å². The van der Waals surface area contributed by atoms with Crippen molar-refractivity contribution in [3.05, 3.63) is 28.7 Å². The van der Waals surface area contributed by atoms with Gasteiger partial charge in [-0.05, 0) is 18.2 Å². The third kappa shape index (κ3) is 2.78. The number of imidazole rings is 1. The van der Waals surface area contributed by atoms with Gasteiger partial charge < -0.3 is 15.3 Å². The molecule has 2 aromatic rings. The summed E-state index contributed by atoms with van der Waals surface area (Å²) in [6.45, 7) is 0.490. The van der Waals surface area contributed by atoms with Crippen molar-refractivity contribution in [2.75, 3.05) is 18.4 Å². The molecule has 0 radical (unpaired) electrons. The summed E-state index contributed by atoms with van der Waals surface area (Å²) in [6, 6.07) is 5.12. The zero-order valence-corrected chi connectivity index (χ0v) is 9.54. The molecule has 0 spiro atoms. The molecule has 1 amide bonds. The number of amides is 1. The molecule has 0 unspecified atom stereocenters. The highest BCUT2D eigenvalue weighted by atomic mass is 16.2. The van der Waals surface area contributed by atoms with Gasteiger partial charge in [-0.1, -0.05) is 5.92 Å². The van der Waals surface area contributed by atoms with Crippen molar-refractivity contribution in [3.63, 3.8) is 0 Å². The van der Waals surface area contributed by atoms with Gasteiger partial charge in [0.1, 0.15) is 0 Å². The van der Waals surface area contributed by atoms with Crippen molar-refractivity contribution in [2.24, 2.45) is 0 Å². The number of anilines is 1. The molecule has 1 aromatic carbocycles. The maximum Gasteiger partial charge on any atom is 0.323 e. The fourth-order valence-corrected chi connectivity index (χ4v) is 1.56. The number of aromatic nitrogens is 2. The Morgan fingerprint density at radius 1 is 1.33 bits per heavy atom. The second-order valence-corrected chi connectivity index (χ2v) is 3.70. The quantitative estimate of drug-likeness (QED) is 0.451. The van der Waals surface area contributed by atoms with Gasteiger partial charge in [-0.2, -0.15) is 0 Å². The highest BCUT2D eigenvalue weighted by Gasteiger charge is 2.03. The summed E-state index contributed by atoms with van der Waals surface area (Å²) in [6.07, 6.45) is 5.05. The van der Waals surface area contributed by atoms with Crippen LogP contribution in [-0.4, -0.2) is 29.0 Å². The van der Waals surface area contributed by atoms with Crippen LogP contribution in [0.4, 0.5) is 5.69 Å². The number of hydrogen-bond donors (Lipinski definition) is 4. The summed E-state index contributed by atoms with van der Waals surface area (Å²) in [4.78, 5) is 27.8. The van der Waals surface area contributed by atoms with Gasteiger partial charge in [-0.15, -0.1) is 6.42 Å². The largest absolute Gasteiger partial charge is 0.325 e. The lowest BCUT2D eigenvalue weighted by atomic mass is 10.2. The first-order chi connectivity index (χ1) is 8.69. The molecule has 2 rings (SSSR count). The van der Waals surface area contributed by atoms with E-state index < -0.39 is 0 Å². The predicted octanol–water partition coefficient (Wildman–Crippen LogP) is 0.0175. The van der Waals surface area contributed by atoms with E-state index in [0.29, 0.717) is 23.3 Å². The molecular formula is C12H12N4O2. The van der Waals surface area contributed by atoms with Crippen LogP contribution in [-0.2, 0) is 4.79 Å². The average Bonchev–Trinajstić information content (AvgIpc) is 2.69. The Morgan fingerprint density at radius 2 is 2.11 bits per heavy atom. The minimum absolute atomic E-state index is 0.145. The molecule has 0 aliphatic rings. The second-order valence-electron chi connectivity index (χ2n) is 3.70. The smallest absolute Gasteiger partial charge is 0.323 e. The molecule has 6 nitrogen and oxygen atoms in total. The molecule has 6 heteroatoms. The highest BCUT2D eigenvalue weighted by Crippen LogP contribution is 2.14. The molecule has 0 saturated carbocycles. The monoisotopic (exact) mass is 244 g/mol. The van der Waals surface area contributed by atoms with E-state index in [-0.39, 0.29) is 18.1 Å². The molecule has 1 aromatic heterocycles. The zero-order valence-electron chi connectivity index (χ0n) is 9.54. The Balaban J connectivity index is 2.05. The van der Waals surface area contributed by atoms with Gasteiger partial charge in [0.15, 0.2) is 0 Å². The molecule has 0 fully saturated rings. The molecule has 0 atom stereocenters. The van der Waals surface area contributed by atoms with Crippen LogP contribution in [0.2, 0.25) is 0 Å². The fourth-order valence-electron chi connectivity index (χ4n) is 1.56. The van der Waals surface area contributed by atoms with Crippen molar-refractivity contribution in [2.45, 2.75) is 0 Å². The van der Waals surface area contributed by atoms with E-state index in [2.05, 4.69) is 26.5 Å². The number of fused-ring (bicyclic) bond motifs is 1. The minimum Gasteiger partial charge on any atom is -0.325 e. The molecular weight excluding hydrogens is 232 g/mol. The molecule has 0 aliphatic carbocycles. The average molecular weight is 244 g/mol. The Labute approximate surface area is 103 Å². The summed E-state index contributed by atoms with van der Waals surface area (Å²) >= 11 is 0. The normalized spacial score (nSPS) is 10.2. The lowest BCUT2D eigenvalue weighted by molar-refractivity contribution is -0.115. The number of H-pyrrole nitrogens is 2. The number of hydrogen-bond acceptors (Lipinski definition) is 3. The Hall–Kier alpha value is -2.52. The Bertz CT molecular complexity index is 663. The van der Waals surface area contributed by atoms with E-state index in [0.717, 1.165) is 0 Å². The zero-order chi connectivity index (χ0) is 13.0. The number of carbonyl (C=O) groups is 1. The van der Waals surface area contributed by atoms with Crippen molar-refractivity contribution < 1.29 is 4.79 Å². The Morgan fingerprint density at radius 3 is 2.89 bits per heavy atom. The molecule has 92 valence electrons.